The molecule has 1 atom stereocenters. The van der Waals surface area contributed by atoms with E-state index in [1.54, 1.807) is 6.92 Å². The monoisotopic (exact) mass is 275 g/mol. The van der Waals surface area contributed by atoms with Crippen molar-refractivity contribution < 1.29 is 34.1 Å². The molecule has 0 aromatic carbocycles. The first-order valence-electron chi connectivity index (χ1n) is 5.76. The number of esters is 1. The van der Waals surface area contributed by atoms with Gasteiger partial charge >= 0.3 is 17.9 Å². The topological polar surface area (TPSA) is 130 Å². The Morgan fingerprint density at radius 2 is 1.74 bits per heavy atom. The molecule has 0 aromatic rings. The molecule has 0 spiro atoms. The number of carboxylic acid groups (broad SMARTS) is 2. The minimum absolute atomic E-state index is 0.148. The first-order chi connectivity index (χ1) is 8.86. The van der Waals surface area contributed by atoms with Crippen molar-refractivity contribution in [2.24, 2.45) is 0 Å². The Morgan fingerprint density at radius 3 is 2.21 bits per heavy atom. The summed E-state index contributed by atoms with van der Waals surface area (Å²) in [6.07, 6.45) is -0.925. The number of aliphatic carboxylic acids is 2. The molecule has 0 rings (SSSR count). The third-order valence-electron chi connectivity index (χ3n) is 2.14. The molecule has 0 aromatic heterocycles. The van der Waals surface area contributed by atoms with Crippen LogP contribution in [0.5, 0.6) is 0 Å². The van der Waals surface area contributed by atoms with Crippen molar-refractivity contribution in [2.45, 2.75) is 38.6 Å². The molecule has 0 radical (unpaired) electrons. The number of carboxylic acids is 2. The summed E-state index contributed by atoms with van der Waals surface area (Å²) < 4.78 is 4.61. The fourth-order valence-corrected chi connectivity index (χ4v) is 1.24. The van der Waals surface area contributed by atoms with Gasteiger partial charge in [-0.2, -0.15) is 0 Å². The summed E-state index contributed by atoms with van der Waals surface area (Å²) >= 11 is 0. The van der Waals surface area contributed by atoms with Crippen LogP contribution in [-0.4, -0.2) is 46.7 Å². The summed E-state index contributed by atoms with van der Waals surface area (Å²) in [6, 6.07) is -1.27. The third-order valence-corrected chi connectivity index (χ3v) is 2.14. The van der Waals surface area contributed by atoms with Gasteiger partial charge in [-0.1, -0.05) is 0 Å². The number of hydrogen-bond donors (Lipinski definition) is 3. The average Bonchev–Trinajstić information content (AvgIpc) is 2.31. The van der Waals surface area contributed by atoms with E-state index < -0.39 is 29.9 Å². The number of amides is 1. The van der Waals surface area contributed by atoms with Crippen LogP contribution >= 0.6 is 0 Å². The lowest BCUT2D eigenvalue weighted by Crippen LogP contribution is -2.41. The van der Waals surface area contributed by atoms with Gasteiger partial charge in [-0.25, -0.2) is 4.79 Å². The van der Waals surface area contributed by atoms with Gasteiger partial charge in [0.2, 0.25) is 5.91 Å². The molecule has 108 valence electrons. The maximum atomic E-state index is 11.4. The smallest absolute Gasteiger partial charge is 0.326 e. The average molecular weight is 275 g/mol. The minimum Gasteiger partial charge on any atom is -0.481 e. The van der Waals surface area contributed by atoms with Crippen LogP contribution in [0.15, 0.2) is 0 Å². The Balaban J connectivity index is 4.13. The van der Waals surface area contributed by atoms with E-state index in [0.717, 1.165) is 0 Å². The standard InChI is InChI=1S/C11H17NO7/c1-2-19-10(16)6-4-8(13)12-7(11(17)18)3-5-9(14)15/h7H,2-6H2,1H3,(H,12,13)(H,14,15)(H,17,18)/t7-/m0/s1. The fourth-order valence-electron chi connectivity index (χ4n) is 1.24. The fraction of sp³-hybridized carbons (Fsp3) is 0.636. The highest BCUT2D eigenvalue weighted by Gasteiger charge is 2.21. The molecule has 1 amide bonds. The van der Waals surface area contributed by atoms with Crippen LogP contribution in [0.25, 0.3) is 0 Å². The molecule has 8 nitrogen and oxygen atoms in total. The number of hydrogen-bond acceptors (Lipinski definition) is 5. The van der Waals surface area contributed by atoms with Crippen molar-refractivity contribution in [2.75, 3.05) is 6.61 Å². The van der Waals surface area contributed by atoms with Gasteiger partial charge < -0.3 is 20.3 Å². The zero-order valence-corrected chi connectivity index (χ0v) is 10.5. The highest BCUT2D eigenvalue weighted by Crippen LogP contribution is 2.00. The van der Waals surface area contributed by atoms with Gasteiger partial charge in [0.25, 0.3) is 0 Å². The van der Waals surface area contributed by atoms with Crippen LogP contribution in [0.1, 0.15) is 32.6 Å². The van der Waals surface area contributed by atoms with Gasteiger partial charge in [-0.05, 0) is 13.3 Å². The largest absolute Gasteiger partial charge is 0.481 e. The highest BCUT2D eigenvalue weighted by molar-refractivity contribution is 5.86. The van der Waals surface area contributed by atoms with E-state index in [-0.39, 0.29) is 32.3 Å². The van der Waals surface area contributed by atoms with Crippen molar-refractivity contribution in [3.05, 3.63) is 0 Å². The Hall–Kier alpha value is -2.12. The Morgan fingerprint density at radius 1 is 1.11 bits per heavy atom. The third kappa shape index (κ3) is 8.58. The first kappa shape index (κ1) is 16.9. The second-order valence-corrected chi connectivity index (χ2v) is 3.70. The summed E-state index contributed by atoms with van der Waals surface area (Å²) in [5.74, 6) is -3.64. The predicted octanol–water partition coefficient (Wildman–Crippen LogP) is -0.236. The normalized spacial score (nSPS) is 11.4. The maximum Gasteiger partial charge on any atom is 0.326 e. The molecule has 0 aliphatic heterocycles. The van der Waals surface area contributed by atoms with E-state index in [4.69, 9.17) is 10.2 Å². The summed E-state index contributed by atoms with van der Waals surface area (Å²) in [5, 5.41) is 19.4. The zero-order chi connectivity index (χ0) is 14.8. The van der Waals surface area contributed by atoms with E-state index in [2.05, 4.69) is 10.1 Å². The molecule has 0 saturated heterocycles. The number of rotatable bonds is 9. The SMILES string of the molecule is CCOC(=O)CCC(=O)N[C@@H](CCC(=O)O)C(=O)O. The molecule has 3 N–H and O–H groups in total. The van der Waals surface area contributed by atoms with Gasteiger partial charge in [-0.3, -0.25) is 14.4 Å². The lowest BCUT2D eigenvalue weighted by Gasteiger charge is -2.13. The summed E-state index contributed by atoms with van der Waals surface area (Å²) in [5.41, 5.74) is 0. The molecule has 0 saturated carbocycles. The summed E-state index contributed by atoms with van der Waals surface area (Å²) in [7, 11) is 0. The number of ether oxygens (including phenoxy) is 1. The lowest BCUT2D eigenvalue weighted by atomic mass is 10.1. The molecule has 0 aliphatic rings. The van der Waals surface area contributed by atoms with Crippen molar-refractivity contribution in [3.63, 3.8) is 0 Å². The molecule has 0 fully saturated rings. The molecular formula is C11H17NO7. The molecule has 0 aliphatic carbocycles. The van der Waals surface area contributed by atoms with Crippen molar-refractivity contribution in [1.82, 2.24) is 5.32 Å². The molecule has 8 heteroatoms. The lowest BCUT2D eigenvalue weighted by molar-refractivity contribution is -0.145. The van der Waals surface area contributed by atoms with Gasteiger partial charge in [0.15, 0.2) is 0 Å². The van der Waals surface area contributed by atoms with Crippen LogP contribution in [0.2, 0.25) is 0 Å². The summed E-state index contributed by atoms with van der Waals surface area (Å²) in [4.78, 5) is 43.5. The van der Waals surface area contributed by atoms with Crippen LogP contribution in [-0.2, 0) is 23.9 Å². The van der Waals surface area contributed by atoms with E-state index in [0.29, 0.717) is 0 Å². The van der Waals surface area contributed by atoms with Gasteiger partial charge in [0, 0.05) is 12.8 Å². The van der Waals surface area contributed by atoms with Crippen LogP contribution in [0, 0.1) is 0 Å². The number of carbonyl (C=O) groups is 4. The maximum absolute atomic E-state index is 11.4. The Labute approximate surface area is 109 Å². The van der Waals surface area contributed by atoms with Crippen LogP contribution in [0.4, 0.5) is 0 Å². The van der Waals surface area contributed by atoms with Gasteiger partial charge in [0.05, 0.1) is 13.0 Å². The second kappa shape index (κ2) is 8.90. The molecule has 0 unspecified atom stereocenters. The molecule has 0 heterocycles. The number of carbonyl (C=O) groups excluding carboxylic acids is 2. The molecule has 19 heavy (non-hydrogen) atoms. The summed E-state index contributed by atoms with van der Waals surface area (Å²) in [6.45, 7) is 1.83. The molecular weight excluding hydrogens is 258 g/mol. The molecule has 0 bridgehead atoms. The van der Waals surface area contributed by atoms with E-state index in [1.807, 2.05) is 0 Å². The minimum atomic E-state index is -1.31. The van der Waals surface area contributed by atoms with Crippen molar-refractivity contribution in [3.8, 4) is 0 Å². The van der Waals surface area contributed by atoms with E-state index >= 15 is 0 Å². The van der Waals surface area contributed by atoms with Crippen LogP contribution < -0.4 is 5.32 Å². The Bertz CT molecular complexity index is 353. The van der Waals surface area contributed by atoms with Crippen molar-refractivity contribution in [1.29, 1.82) is 0 Å². The van der Waals surface area contributed by atoms with Crippen LogP contribution in [0.3, 0.4) is 0 Å². The van der Waals surface area contributed by atoms with Crippen molar-refractivity contribution >= 4 is 23.8 Å². The second-order valence-electron chi connectivity index (χ2n) is 3.70. The highest BCUT2D eigenvalue weighted by atomic mass is 16.5. The quantitative estimate of drug-likeness (QED) is 0.495. The predicted molar refractivity (Wildman–Crippen MR) is 62.3 cm³/mol. The number of nitrogens with one attached hydrogen (secondary N) is 1. The zero-order valence-electron chi connectivity index (χ0n) is 10.5. The van der Waals surface area contributed by atoms with Gasteiger partial charge in [-0.15, -0.1) is 0 Å². The van der Waals surface area contributed by atoms with E-state index in [1.165, 1.54) is 0 Å². The van der Waals surface area contributed by atoms with Gasteiger partial charge in [0.1, 0.15) is 6.04 Å². The Kier molecular flexibility index (Phi) is 7.90. The van der Waals surface area contributed by atoms with E-state index in [9.17, 15) is 19.2 Å². The first-order valence-corrected chi connectivity index (χ1v) is 5.76.